The lowest BCUT2D eigenvalue weighted by Crippen LogP contribution is -2.00. The lowest BCUT2D eigenvalue weighted by atomic mass is 10.1. The van der Waals surface area contributed by atoms with Crippen LogP contribution in [0.2, 0.25) is 10.0 Å². The minimum Gasteiger partial charge on any atom is -0.495 e. The van der Waals surface area contributed by atoms with Crippen molar-refractivity contribution in [3.05, 3.63) is 27.7 Å². The van der Waals surface area contributed by atoms with Crippen molar-refractivity contribution in [1.82, 2.24) is 0 Å². The summed E-state index contributed by atoms with van der Waals surface area (Å²) in [6, 6.07) is 3.31. The Bertz CT molecular complexity index is 445. The predicted octanol–water partition coefficient (Wildman–Crippen LogP) is 3.19. The fourth-order valence-corrected chi connectivity index (χ4v) is 2.47. The average molecular weight is 261 g/mol. The number of benzene rings is 1. The maximum Gasteiger partial charge on any atom is 0.307 e. The summed E-state index contributed by atoms with van der Waals surface area (Å²) >= 11 is 11.9. The first-order valence-corrected chi connectivity index (χ1v) is 5.56. The molecule has 1 N–H and O–H groups in total. The van der Waals surface area contributed by atoms with Crippen molar-refractivity contribution in [2.24, 2.45) is 5.92 Å². The number of rotatable bonds is 3. The number of aliphatic carboxylic acids is 1. The van der Waals surface area contributed by atoms with Crippen molar-refractivity contribution in [1.29, 1.82) is 0 Å². The molecule has 0 aromatic heterocycles. The quantitative estimate of drug-likeness (QED) is 0.908. The Labute approximate surface area is 103 Å². The summed E-state index contributed by atoms with van der Waals surface area (Å²) in [5.41, 5.74) is 0.785. The Morgan fingerprint density at radius 2 is 2.19 bits per heavy atom. The Hall–Kier alpha value is -0.930. The highest BCUT2D eigenvalue weighted by Crippen LogP contribution is 2.52. The minimum absolute atomic E-state index is 0.0383. The predicted molar refractivity (Wildman–Crippen MR) is 61.5 cm³/mol. The molecule has 1 aromatic rings. The molecule has 86 valence electrons. The van der Waals surface area contributed by atoms with Gasteiger partial charge < -0.3 is 9.84 Å². The Balaban J connectivity index is 2.37. The van der Waals surface area contributed by atoms with E-state index in [0.717, 1.165) is 5.56 Å². The highest BCUT2D eigenvalue weighted by molar-refractivity contribution is 6.35. The van der Waals surface area contributed by atoms with Gasteiger partial charge in [0.25, 0.3) is 0 Å². The Morgan fingerprint density at radius 3 is 2.69 bits per heavy atom. The third-order valence-corrected chi connectivity index (χ3v) is 3.25. The molecule has 0 heterocycles. The summed E-state index contributed by atoms with van der Waals surface area (Å²) in [6.45, 7) is 0. The Morgan fingerprint density at radius 1 is 1.50 bits per heavy atom. The molecule has 0 amide bonds. The van der Waals surface area contributed by atoms with Crippen LogP contribution in [-0.2, 0) is 4.79 Å². The van der Waals surface area contributed by atoms with Crippen molar-refractivity contribution < 1.29 is 14.6 Å². The van der Waals surface area contributed by atoms with Gasteiger partial charge in [0, 0.05) is 16.5 Å². The maximum absolute atomic E-state index is 10.8. The molecule has 1 aliphatic carbocycles. The molecule has 16 heavy (non-hydrogen) atoms. The molecule has 1 aromatic carbocycles. The summed E-state index contributed by atoms with van der Waals surface area (Å²) < 4.78 is 5.18. The van der Waals surface area contributed by atoms with Gasteiger partial charge in [0.2, 0.25) is 0 Å². The lowest BCUT2D eigenvalue weighted by Gasteiger charge is -2.10. The third kappa shape index (κ3) is 1.97. The minimum atomic E-state index is -0.789. The first-order chi connectivity index (χ1) is 7.54. The van der Waals surface area contributed by atoms with Gasteiger partial charge in [-0.15, -0.1) is 0 Å². The summed E-state index contributed by atoms with van der Waals surface area (Å²) in [5, 5.41) is 9.80. The number of methoxy groups -OCH3 is 1. The first kappa shape index (κ1) is 11.6. The lowest BCUT2D eigenvalue weighted by molar-refractivity contribution is -0.138. The number of ether oxygens (including phenoxy) is 1. The second-order valence-corrected chi connectivity index (χ2v) is 4.64. The van der Waals surface area contributed by atoms with Gasteiger partial charge in [0.05, 0.1) is 18.1 Å². The van der Waals surface area contributed by atoms with Crippen LogP contribution >= 0.6 is 23.2 Å². The SMILES string of the molecule is COc1c(Cl)cc(Cl)cc1C1CC1C(=O)O. The van der Waals surface area contributed by atoms with E-state index in [1.54, 1.807) is 12.1 Å². The van der Waals surface area contributed by atoms with E-state index < -0.39 is 5.97 Å². The van der Waals surface area contributed by atoms with Crippen molar-refractivity contribution in [2.75, 3.05) is 7.11 Å². The van der Waals surface area contributed by atoms with Crippen molar-refractivity contribution in [3.8, 4) is 5.75 Å². The highest BCUT2D eigenvalue weighted by atomic mass is 35.5. The number of carboxylic acid groups (broad SMARTS) is 1. The van der Waals surface area contributed by atoms with Crippen LogP contribution in [-0.4, -0.2) is 18.2 Å². The van der Waals surface area contributed by atoms with Gasteiger partial charge in [-0.2, -0.15) is 0 Å². The first-order valence-electron chi connectivity index (χ1n) is 4.80. The molecule has 1 saturated carbocycles. The van der Waals surface area contributed by atoms with Crippen molar-refractivity contribution >= 4 is 29.2 Å². The van der Waals surface area contributed by atoms with Crippen LogP contribution < -0.4 is 4.74 Å². The molecule has 2 atom stereocenters. The molecule has 0 bridgehead atoms. The zero-order valence-electron chi connectivity index (χ0n) is 8.54. The van der Waals surface area contributed by atoms with E-state index in [0.29, 0.717) is 22.2 Å². The third-order valence-electron chi connectivity index (χ3n) is 2.75. The summed E-state index contributed by atoms with van der Waals surface area (Å²) in [4.78, 5) is 10.8. The van der Waals surface area contributed by atoms with Crippen LogP contribution in [0.3, 0.4) is 0 Å². The van der Waals surface area contributed by atoms with Gasteiger partial charge in [-0.25, -0.2) is 0 Å². The molecule has 0 radical (unpaired) electrons. The topological polar surface area (TPSA) is 46.5 Å². The summed E-state index contributed by atoms with van der Waals surface area (Å²) in [6.07, 6.45) is 0.613. The van der Waals surface area contributed by atoms with Crippen LogP contribution in [0.4, 0.5) is 0 Å². The van der Waals surface area contributed by atoms with Gasteiger partial charge in [-0.05, 0) is 18.6 Å². The van der Waals surface area contributed by atoms with Crippen molar-refractivity contribution in [2.45, 2.75) is 12.3 Å². The zero-order chi connectivity index (χ0) is 11.9. The normalized spacial score (nSPS) is 22.9. The zero-order valence-corrected chi connectivity index (χ0v) is 10.0. The van der Waals surface area contributed by atoms with Crippen LogP contribution in [0.15, 0.2) is 12.1 Å². The largest absolute Gasteiger partial charge is 0.495 e. The van der Waals surface area contributed by atoms with Crippen LogP contribution in [0.1, 0.15) is 17.9 Å². The molecule has 0 spiro atoms. The number of halogens is 2. The molecular formula is C11H10Cl2O3. The van der Waals surface area contributed by atoms with Crippen LogP contribution in [0.25, 0.3) is 0 Å². The van der Waals surface area contributed by atoms with Gasteiger partial charge in [0.1, 0.15) is 5.75 Å². The van der Waals surface area contributed by atoms with Crippen LogP contribution in [0.5, 0.6) is 5.75 Å². The molecule has 3 nitrogen and oxygen atoms in total. The van der Waals surface area contributed by atoms with Gasteiger partial charge in [-0.3, -0.25) is 4.79 Å². The smallest absolute Gasteiger partial charge is 0.307 e. The van der Waals surface area contributed by atoms with Gasteiger partial charge in [0.15, 0.2) is 0 Å². The van der Waals surface area contributed by atoms with Gasteiger partial charge >= 0.3 is 5.97 Å². The number of carbonyl (C=O) groups is 1. The van der Waals surface area contributed by atoms with E-state index in [1.807, 2.05) is 0 Å². The van der Waals surface area contributed by atoms with E-state index in [-0.39, 0.29) is 11.8 Å². The Kier molecular flexibility index (Phi) is 3.00. The second-order valence-electron chi connectivity index (χ2n) is 3.80. The molecular weight excluding hydrogens is 251 g/mol. The fourth-order valence-electron chi connectivity index (χ4n) is 1.88. The standard InChI is InChI=1S/C11H10Cl2O3/c1-16-10-7(2-5(12)3-9(10)13)6-4-8(6)11(14)15/h2-3,6,8H,4H2,1H3,(H,14,15). The number of hydrogen-bond acceptors (Lipinski definition) is 2. The highest BCUT2D eigenvalue weighted by Gasteiger charge is 2.46. The van der Waals surface area contributed by atoms with Crippen molar-refractivity contribution in [3.63, 3.8) is 0 Å². The maximum atomic E-state index is 10.8. The molecule has 5 heteroatoms. The van der Waals surface area contributed by atoms with Crippen LogP contribution in [0, 0.1) is 5.92 Å². The molecule has 2 rings (SSSR count). The van der Waals surface area contributed by atoms with E-state index >= 15 is 0 Å². The van der Waals surface area contributed by atoms with E-state index in [1.165, 1.54) is 7.11 Å². The second kappa shape index (κ2) is 4.15. The fraction of sp³-hybridized carbons (Fsp3) is 0.364. The average Bonchev–Trinajstić information content (AvgIpc) is 2.95. The molecule has 0 aliphatic heterocycles. The molecule has 0 saturated heterocycles. The monoisotopic (exact) mass is 260 g/mol. The van der Waals surface area contributed by atoms with Gasteiger partial charge in [-0.1, -0.05) is 23.2 Å². The number of hydrogen-bond donors (Lipinski definition) is 1. The van der Waals surface area contributed by atoms with E-state index in [9.17, 15) is 4.79 Å². The summed E-state index contributed by atoms with van der Waals surface area (Å²) in [5.74, 6) is -0.643. The number of carboxylic acids is 1. The van der Waals surface area contributed by atoms with E-state index in [4.69, 9.17) is 33.0 Å². The van der Waals surface area contributed by atoms with E-state index in [2.05, 4.69) is 0 Å². The molecule has 1 aliphatic rings. The molecule has 2 unspecified atom stereocenters. The molecule has 1 fully saturated rings. The summed E-state index contributed by atoms with van der Waals surface area (Å²) in [7, 11) is 1.51.